The molecule has 0 aromatic carbocycles. The molecule has 0 saturated carbocycles. The first kappa shape index (κ1) is 8.68. The van der Waals surface area contributed by atoms with Crippen molar-refractivity contribution in [2.45, 2.75) is 13.5 Å². The third kappa shape index (κ3) is 1.32. The SMILES string of the molecule is C/C=C/Cn1cnc2c(N)ncnc21. The van der Waals surface area contributed by atoms with Crippen LogP contribution in [0.5, 0.6) is 0 Å². The van der Waals surface area contributed by atoms with Gasteiger partial charge in [0.25, 0.3) is 0 Å². The zero-order valence-corrected chi connectivity index (χ0v) is 7.88. The number of allylic oxidation sites excluding steroid dienone is 2. The summed E-state index contributed by atoms with van der Waals surface area (Å²) >= 11 is 0. The Kier molecular flexibility index (Phi) is 2.14. The molecular weight excluding hydrogens is 178 g/mol. The van der Waals surface area contributed by atoms with Crippen LogP contribution in [0.1, 0.15) is 6.92 Å². The van der Waals surface area contributed by atoms with Gasteiger partial charge < -0.3 is 10.3 Å². The van der Waals surface area contributed by atoms with Crippen LogP contribution in [0.2, 0.25) is 0 Å². The molecule has 0 bridgehead atoms. The maximum atomic E-state index is 5.65. The van der Waals surface area contributed by atoms with Crippen molar-refractivity contribution in [1.29, 1.82) is 0 Å². The first-order valence-corrected chi connectivity index (χ1v) is 4.35. The van der Waals surface area contributed by atoms with E-state index in [1.807, 2.05) is 23.6 Å². The zero-order chi connectivity index (χ0) is 9.97. The summed E-state index contributed by atoms with van der Waals surface area (Å²) < 4.78 is 1.92. The number of fused-ring (bicyclic) bond motifs is 1. The molecule has 0 aliphatic heterocycles. The summed E-state index contributed by atoms with van der Waals surface area (Å²) in [5.41, 5.74) is 7.09. The van der Waals surface area contributed by atoms with Gasteiger partial charge in [0.1, 0.15) is 11.8 Å². The van der Waals surface area contributed by atoms with E-state index in [0.29, 0.717) is 11.3 Å². The molecule has 0 atom stereocenters. The molecule has 0 aliphatic rings. The fourth-order valence-corrected chi connectivity index (χ4v) is 1.25. The predicted molar refractivity (Wildman–Crippen MR) is 54.5 cm³/mol. The lowest BCUT2D eigenvalue weighted by molar-refractivity contribution is 0.835. The number of hydrogen-bond acceptors (Lipinski definition) is 4. The number of rotatable bonds is 2. The van der Waals surface area contributed by atoms with Gasteiger partial charge in [-0.25, -0.2) is 15.0 Å². The molecule has 0 radical (unpaired) electrons. The molecule has 0 spiro atoms. The zero-order valence-electron chi connectivity index (χ0n) is 7.88. The Morgan fingerprint density at radius 3 is 3.07 bits per heavy atom. The van der Waals surface area contributed by atoms with E-state index in [1.165, 1.54) is 6.33 Å². The molecule has 0 unspecified atom stereocenters. The van der Waals surface area contributed by atoms with Gasteiger partial charge in [-0.2, -0.15) is 0 Å². The highest BCUT2D eigenvalue weighted by molar-refractivity contribution is 5.81. The molecule has 5 heteroatoms. The number of nitrogen functional groups attached to an aromatic ring is 1. The summed E-state index contributed by atoms with van der Waals surface area (Å²) in [6, 6.07) is 0. The van der Waals surface area contributed by atoms with Gasteiger partial charge in [0.15, 0.2) is 11.5 Å². The molecule has 2 heterocycles. The highest BCUT2D eigenvalue weighted by Crippen LogP contribution is 2.13. The van der Waals surface area contributed by atoms with Gasteiger partial charge in [-0.3, -0.25) is 0 Å². The molecular formula is C9H11N5. The number of imidazole rings is 1. The van der Waals surface area contributed by atoms with Crippen LogP contribution in [-0.4, -0.2) is 19.5 Å². The van der Waals surface area contributed by atoms with Crippen molar-refractivity contribution in [2.75, 3.05) is 5.73 Å². The van der Waals surface area contributed by atoms with E-state index in [9.17, 15) is 0 Å². The molecule has 0 saturated heterocycles. The van der Waals surface area contributed by atoms with E-state index in [1.54, 1.807) is 6.33 Å². The predicted octanol–water partition coefficient (Wildman–Crippen LogP) is 0.985. The van der Waals surface area contributed by atoms with Crippen molar-refractivity contribution >= 4 is 17.0 Å². The normalized spacial score (nSPS) is 11.5. The van der Waals surface area contributed by atoms with Gasteiger partial charge >= 0.3 is 0 Å². The number of anilines is 1. The van der Waals surface area contributed by atoms with Gasteiger partial charge in [-0.05, 0) is 6.92 Å². The highest BCUT2D eigenvalue weighted by Gasteiger charge is 2.05. The van der Waals surface area contributed by atoms with Crippen molar-refractivity contribution in [1.82, 2.24) is 19.5 Å². The second-order valence-electron chi connectivity index (χ2n) is 2.90. The first-order chi connectivity index (χ1) is 6.83. The van der Waals surface area contributed by atoms with Gasteiger partial charge in [-0.1, -0.05) is 12.2 Å². The Labute approximate surface area is 81.3 Å². The summed E-state index contributed by atoms with van der Waals surface area (Å²) in [4.78, 5) is 12.2. The Bertz CT molecular complexity index is 471. The fraction of sp³-hybridized carbons (Fsp3) is 0.222. The summed E-state index contributed by atoms with van der Waals surface area (Å²) in [6.07, 6.45) is 7.18. The quantitative estimate of drug-likeness (QED) is 0.715. The average molecular weight is 189 g/mol. The van der Waals surface area contributed by atoms with E-state index in [4.69, 9.17) is 5.73 Å². The Hall–Kier alpha value is -1.91. The third-order valence-corrected chi connectivity index (χ3v) is 1.97. The lowest BCUT2D eigenvalue weighted by atomic mass is 10.5. The van der Waals surface area contributed by atoms with Crippen molar-refractivity contribution in [2.24, 2.45) is 0 Å². The Morgan fingerprint density at radius 2 is 2.29 bits per heavy atom. The second kappa shape index (κ2) is 3.45. The molecule has 2 N–H and O–H groups in total. The van der Waals surface area contributed by atoms with E-state index >= 15 is 0 Å². The number of aromatic nitrogens is 4. The van der Waals surface area contributed by atoms with E-state index in [0.717, 1.165) is 12.2 Å². The largest absolute Gasteiger partial charge is 0.382 e. The minimum Gasteiger partial charge on any atom is -0.382 e. The van der Waals surface area contributed by atoms with Crippen molar-refractivity contribution in [3.63, 3.8) is 0 Å². The maximum Gasteiger partial charge on any atom is 0.165 e. The van der Waals surface area contributed by atoms with Gasteiger partial charge in [0.2, 0.25) is 0 Å². The van der Waals surface area contributed by atoms with Crippen LogP contribution < -0.4 is 5.73 Å². The maximum absolute atomic E-state index is 5.65. The molecule has 14 heavy (non-hydrogen) atoms. The summed E-state index contributed by atoms with van der Waals surface area (Å²) in [5.74, 6) is 0.425. The number of nitrogens with two attached hydrogens (primary N) is 1. The van der Waals surface area contributed by atoms with Crippen molar-refractivity contribution < 1.29 is 0 Å². The standard InChI is InChI=1S/C9H11N5/c1-2-3-4-14-6-13-7-8(10)11-5-12-9(7)14/h2-3,5-6H,4H2,1H3,(H2,10,11,12)/b3-2+. The minimum atomic E-state index is 0.425. The summed E-state index contributed by atoms with van der Waals surface area (Å²) in [5, 5.41) is 0. The molecule has 0 aliphatic carbocycles. The van der Waals surface area contributed by atoms with Crippen LogP contribution in [0.15, 0.2) is 24.8 Å². The average Bonchev–Trinajstić information content (AvgIpc) is 2.60. The Balaban J connectivity index is 2.52. The van der Waals surface area contributed by atoms with Crippen LogP contribution in [0, 0.1) is 0 Å². The van der Waals surface area contributed by atoms with Gasteiger partial charge in [0, 0.05) is 6.54 Å². The second-order valence-corrected chi connectivity index (χ2v) is 2.90. The summed E-state index contributed by atoms with van der Waals surface area (Å²) in [6.45, 7) is 2.73. The fourth-order valence-electron chi connectivity index (χ4n) is 1.25. The van der Waals surface area contributed by atoms with Crippen molar-refractivity contribution in [3.05, 3.63) is 24.8 Å². The smallest absolute Gasteiger partial charge is 0.165 e. The topological polar surface area (TPSA) is 69.6 Å². The third-order valence-electron chi connectivity index (χ3n) is 1.97. The molecule has 72 valence electrons. The molecule has 0 amide bonds. The lowest BCUT2D eigenvalue weighted by Crippen LogP contribution is -1.97. The van der Waals surface area contributed by atoms with Crippen LogP contribution >= 0.6 is 0 Å². The van der Waals surface area contributed by atoms with Crippen LogP contribution in [0.3, 0.4) is 0 Å². The van der Waals surface area contributed by atoms with Crippen LogP contribution in [-0.2, 0) is 6.54 Å². The van der Waals surface area contributed by atoms with E-state index < -0.39 is 0 Å². The monoisotopic (exact) mass is 189 g/mol. The van der Waals surface area contributed by atoms with Crippen molar-refractivity contribution in [3.8, 4) is 0 Å². The molecule has 2 aromatic rings. The van der Waals surface area contributed by atoms with Crippen LogP contribution in [0.4, 0.5) is 5.82 Å². The van der Waals surface area contributed by atoms with E-state index in [-0.39, 0.29) is 0 Å². The minimum absolute atomic E-state index is 0.425. The number of nitrogens with zero attached hydrogens (tertiary/aromatic N) is 4. The molecule has 5 nitrogen and oxygen atoms in total. The molecule has 2 aromatic heterocycles. The summed E-state index contributed by atoms with van der Waals surface area (Å²) in [7, 11) is 0. The first-order valence-electron chi connectivity index (χ1n) is 4.35. The Morgan fingerprint density at radius 1 is 1.43 bits per heavy atom. The van der Waals surface area contributed by atoms with E-state index in [2.05, 4.69) is 15.0 Å². The lowest BCUT2D eigenvalue weighted by Gasteiger charge is -1.98. The number of hydrogen-bond donors (Lipinski definition) is 1. The van der Waals surface area contributed by atoms with Gasteiger partial charge in [0.05, 0.1) is 6.33 Å². The van der Waals surface area contributed by atoms with Crippen LogP contribution in [0.25, 0.3) is 11.2 Å². The van der Waals surface area contributed by atoms with Gasteiger partial charge in [-0.15, -0.1) is 0 Å². The molecule has 2 rings (SSSR count). The molecule has 0 fully saturated rings. The highest BCUT2D eigenvalue weighted by atomic mass is 15.1.